The number of anilines is 1. The van der Waals surface area contributed by atoms with Crippen LogP contribution in [-0.4, -0.2) is 76.6 Å². The van der Waals surface area contributed by atoms with Crippen LogP contribution in [0.2, 0.25) is 5.02 Å². The van der Waals surface area contributed by atoms with E-state index in [0.29, 0.717) is 30.2 Å². The first kappa shape index (κ1) is 22.1. The molecular weight excluding hydrogens is 450 g/mol. The summed E-state index contributed by atoms with van der Waals surface area (Å²) < 4.78 is 39.9. The minimum absolute atomic E-state index is 0.205. The largest absolute Gasteiger partial charge is 0.369 e. The molecule has 0 N–H and O–H groups in total. The van der Waals surface area contributed by atoms with Crippen molar-refractivity contribution in [2.75, 3.05) is 63.9 Å². The highest BCUT2D eigenvalue weighted by atomic mass is 35.5. The summed E-state index contributed by atoms with van der Waals surface area (Å²) in [6.45, 7) is 6.25. The number of hydrogen-bond acceptors (Lipinski definition) is 6. The minimum Gasteiger partial charge on any atom is -0.369 e. The first-order valence-electron chi connectivity index (χ1n) is 11.1. The Morgan fingerprint density at radius 3 is 2.31 bits per heavy atom. The smallest absolute Gasteiger partial charge is 0.243 e. The van der Waals surface area contributed by atoms with Crippen LogP contribution < -0.4 is 4.90 Å². The van der Waals surface area contributed by atoms with Gasteiger partial charge in [0.2, 0.25) is 15.8 Å². The highest BCUT2D eigenvalue weighted by Crippen LogP contribution is 2.41. The van der Waals surface area contributed by atoms with E-state index in [4.69, 9.17) is 21.1 Å². The monoisotopic (exact) mass is 477 g/mol. The molecule has 172 valence electrons. The number of hydrogen-bond donors (Lipinski definition) is 0. The van der Waals surface area contributed by atoms with E-state index in [9.17, 15) is 8.42 Å². The van der Waals surface area contributed by atoms with Crippen molar-refractivity contribution in [3.63, 3.8) is 0 Å². The number of nitrogens with zero attached hydrogens (tertiary/aromatic N) is 3. The minimum atomic E-state index is -3.56. The second-order valence-electron chi connectivity index (χ2n) is 8.44. The molecule has 0 radical (unpaired) electrons. The third-order valence-corrected chi connectivity index (χ3v) is 8.65. The van der Waals surface area contributed by atoms with E-state index >= 15 is 0 Å². The zero-order valence-corrected chi connectivity index (χ0v) is 19.5. The van der Waals surface area contributed by atoms with Crippen LogP contribution in [0.5, 0.6) is 0 Å². The maximum absolute atomic E-state index is 13.2. The molecule has 3 heterocycles. The lowest BCUT2D eigenvalue weighted by atomic mass is 10.1. The zero-order chi connectivity index (χ0) is 22.2. The van der Waals surface area contributed by atoms with Gasteiger partial charge in [0.05, 0.1) is 24.7 Å². The zero-order valence-electron chi connectivity index (χ0n) is 18.0. The second-order valence-corrected chi connectivity index (χ2v) is 10.8. The number of benzene rings is 2. The molecule has 2 saturated heterocycles. The number of rotatable bonds is 5. The fraction of sp³-hybridized carbons (Fsp3) is 0.478. The molecule has 5 rings (SSSR count). The first-order chi connectivity index (χ1) is 15.5. The summed E-state index contributed by atoms with van der Waals surface area (Å²) in [6.07, 6.45) is 0.762. The second kappa shape index (κ2) is 8.93. The average Bonchev–Trinajstić information content (AvgIpc) is 3.28. The summed E-state index contributed by atoms with van der Waals surface area (Å²) in [6, 6.07) is 15.0. The first-order valence-corrected chi connectivity index (χ1v) is 12.9. The average molecular weight is 478 g/mol. The van der Waals surface area contributed by atoms with Gasteiger partial charge in [-0.15, -0.1) is 0 Å². The van der Waals surface area contributed by atoms with Crippen LogP contribution in [0, 0.1) is 0 Å². The Labute approximate surface area is 194 Å². The Kier molecular flexibility index (Phi) is 6.17. The Bertz CT molecular complexity index is 1050. The Morgan fingerprint density at radius 2 is 1.59 bits per heavy atom. The van der Waals surface area contributed by atoms with Crippen LogP contribution in [0.1, 0.15) is 12.0 Å². The Balaban J connectivity index is 1.19. The molecule has 0 saturated carbocycles. The van der Waals surface area contributed by atoms with Crippen molar-refractivity contribution in [3.8, 4) is 0 Å². The maximum Gasteiger partial charge on any atom is 0.243 e. The number of piperazine rings is 1. The predicted molar refractivity (Wildman–Crippen MR) is 124 cm³/mol. The molecule has 0 atom stereocenters. The van der Waals surface area contributed by atoms with Crippen LogP contribution in [0.25, 0.3) is 0 Å². The molecule has 9 heteroatoms. The van der Waals surface area contributed by atoms with Gasteiger partial charge >= 0.3 is 0 Å². The van der Waals surface area contributed by atoms with E-state index in [1.807, 2.05) is 18.2 Å². The van der Waals surface area contributed by atoms with Gasteiger partial charge in [0.25, 0.3) is 0 Å². The van der Waals surface area contributed by atoms with Crippen molar-refractivity contribution in [3.05, 3.63) is 59.1 Å². The highest BCUT2D eigenvalue weighted by Gasteiger charge is 2.50. The summed E-state index contributed by atoms with van der Waals surface area (Å²) >= 11 is 5.99. The number of ether oxygens (including phenoxy) is 2. The lowest BCUT2D eigenvalue weighted by molar-refractivity contribution is -0.176. The molecule has 7 nitrogen and oxygen atoms in total. The van der Waals surface area contributed by atoms with Gasteiger partial charge in [-0.05, 0) is 43.3 Å². The van der Waals surface area contributed by atoms with Gasteiger partial charge < -0.3 is 14.4 Å². The maximum atomic E-state index is 13.2. The highest BCUT2D eigenvalue weighted by molar-refractivity contribution is 7.89. The summed E-state index contributed by atoms with van der Waals surface area (Å²) in [5.74, 6) is -0.980. The SMILES string of the molecule is O=S1(=O)c2ccccc2C2(CN1CCCN1CCN(c3ccc(Cl)cc3)CC1)OCCO2. The van der Waals surface area contributed by atoms with Gasteiger partial charge in [-0.25, -0.2) is 8.42 Å². The van der Waals surface area contributed by atoms with E-state index < -0.39 is 15.8 Å². The van der Waals surface area contributed by atoms with E-state index in [2.05, 4.69) is 21.9 Å². The van der Waals surface area contributed by atoms with Gasteiger partial charge in [0.1, 0.15) is 0 Å². The van der Waals surface area contributed by atoms with Crippen LogP contribution in [0.15, 0.2) is 53.4 Å². The molecular formula is C23H28ClN3O4S. The third-order valence-electron chi connectivity index (χ3n) is 6.50. The topological polar surface area (TPSA) is 62.3 Å². The molecule has 0 bridgehead atoms. The number of halogens is 1. The Morgan fingerprint density at radius 1 is 0.906 bits per heavy atom. The molecule has 2 aromatic rings. The molecule has 1 spiro atoms. The molecule has 0 unspecified atom stereocenters. The predicted octanol–water partition coefficient (Wildman–Crippen LogP) is 2.76. The molecule has 3 aliphatic heterocycles. The van der Waals surface area contributed by atoms with Crippen molar-refractivity contribution in [1.82, 2.24) is 9.21 Å². The van der Waals surface area contributed by atoms with E-state index in [-0.39, 0.29) is 6.54 Å². The molecule has 3 aliphatic rings. The fourth-order valence-electron chi connectivity index (χ4n) is 4.80. The molecule has 0 aliphatic carbocycles. The fourth-order valence-corrected chi connectivity index (χ4v) is 6.67. The van der Waals surface area contributed by atoms with Crippen molar-refractivity contribution in [1.29, 1.82) is 0 Å². The summed E-state index contributed by atoms with van der Waals surface area (Å²) in [5, 5.41) is 0.748. The molecule has 0 aromatic heterocycles. The van der Waals surface area contributed by atoms with Gasteiger partial charge in [-0.3, -0.25) is 4.90 Å². The van der Waals surface area contributed by atoms with Crippen molar-refractivity contribution in [2.24, 2.45) is 0 Å². The van der Waals surface area contributed by atoms with Crippen LogP contribution in [0.3, 0.4) is 0 Å². The van der Waals surface area contributed by atoms with Crippen LogP contribution in [-0.2, 0) is 25.3 Å². The molecule has 0 amide bonds. The normalized spacial score (nSPS) is 22.8. The van der Waals surface area contributed by atoms with E-state index in [1.54, 1.807) is 18.2 Å². The number of fused-ring (bicyclic) bond motifs is 2. The molecule has 2 aromatic carbocycles. The van der Waals surface area contributed by atoms with E-state index in [0.717, 1.165) is 44.2 Å². The lowest BCUT2D eigenvalue weighted by Gasteiger charge is -2.40. The summed E-state index contributed by atoms with van der Waals surface area (Å²) in [4.78, 5) is 5.05. The molecule has 32 heavy (non-hydrogen) atoms. The quantitative estimate of drug-likeness (QED) is 0.660. The van der Waals surface area contributed by atoms with Crippen LogP contribution >= 0.6 is 11.6 Å². The number of sulfonamides is 1. The third kappa shape index (κ3) is 4.16. The lowest BCUT2D eigenvalue weighted by Crippen LogP contribution is -2.51. The van der Waals surface area contributed by atoms with Gasteiger partial charge in [0.15, 0.2) is 0 Å². The van der Waals surface area contributed by atoms with Gasteiger partial charge in [0, 0.05) is 49.0 Å². The Hall–Kier alpha value is -1.68. The standard InChI is InChI=1S/C23H28ClN3O4S/c24-19-6-8-20(9-7-19)26-14-12-25(13-15-26)10-3-11-27-18-23(30-16-17-31-23)21-4-1-2-5-22(21)32(27,28)29/h1-2,4-9H,3,10-18H2. The van der Waals surface area contributed by atoms with Gasteiger partial charge in [-0.2, -0.15) is 4.31 Å². The van der Waals surface area contributed by atoms with Crippen LogP contribution in [0.4, 0.5) is 5.69 Å². The van der Waals surface area contributed by atoms with Gasteiger partial charge in [-0.1, -0.05) is 29.8 Å². The van der Waals surface area contributed by atoms with Crippen molar-refractivity contribution >= 4 is 27.3 Å². The summed E-state index contributed by atoms with van der Waals surface area (Å²) in [5.41, 5.74) is 1.81. The molecule has 2 fully saturated rings. The van der Waals surface area contributed by atoms with Crippen molar-refractivity contribution in [2.45, 2.75) is 17.1 Å². The van der Waals surface area contributed by atoms with Crippen molar-refractivity contribution < 1.29 is 17.9 Å². The van der Waals surface area contributed by atoms with E-state index in [1.165, 1.54) is 9.99 Å². The summed E-state index contributed by atoms with van der Waals surface area (Å²) in [7, 11) is -3.56.